The maximum atomic E-state index is 9.58. The van der Waals surface area contributed by atoms with Crippen molar-refractivity contribution in [3.63, 3.8) is 0 Å². The summed E-state index contributed by atoms with van der Waals surface area (Å²) in [5.74, 6) is 0. The van der Waals surface area contributed by atoms with Gasteiger partial charge in [0.2, 0.25) is 0 Å². The standard InChI is InChI=1S/C12H25NO/c1-3-13(2)10-12(11-14)8-6-4-5-7-9-12/h14H,3-11H2,1-2H3. The second-order valence-corrected chi connectivity index (χ2v) is 4.90. The van der Waals surface area contributed by atoms with Gasteiger partial charge in [0.1, 0.15) is 0 Å². The Morgan fingerprint density at radius 3 is 2.14 bits per heavy atom. The maximum absolute atomic E-state index is 9.58. The minimum atomic E-state index is 0.210. The first-order valence-electron chi connectivity index (χ1n) is 6.02. The zero-order valence-corrected chi connectivity index (χ0v) is 9.76. The fourth-order valence-electron chi connectivity index (χ4n) is 2.53. The first-order chi connectivity index (χ1) is 6.72. The van der Waals surface area contributed by atoms with Crippen molar-refractivity contribution in [1.29, 1.82) is 0 Å². The van der Waals surface area contributed by atoms with E-state index in [0.29, 0.717) is 6.61 Å². The molecule has 1 aliphatic rings. The molecule has 0 atom stereocenters. The van der Waals surface area contributed by atoms with Gasteiger partial charge >= 0.3 is 0 Å². The lowest BCUT2D eigenvalue weighted by Gasteiger charge is -2.34. The summed E-state index contributed by atoms with van der Waals surface area (Å²) >= 11 is 0. The Hall–Kier alpha value is -0.0800. The molecule has 0 aromatic carbocycles. The lowest BCUT2D eigenvalue weighted by molar-refractivity contribution is 0.0705. The SMILES string of the molecule is CCN(C)CC1(CO)CCCCCC1. The molecule has 0 aromatic heterocycles. The number of nitrogens with zero attached hydrogens (tertiary/aromatic N) is 1. The van der Waals surface area contributed by atoms with Crippen LogP contribution in [0.15, 0.2) is 0 Å². The third-order valence-electron chi connectivity index (χ3n) is 3.64. The van der Waals surface area contributed by atoms with Gasteiger partial charge in [0.05, 0.1) is 0 Å². The fraction of sp³-hybridized carbons (Fsp3) is 1.00. The Bertz CT molecular complexity index is 150. The van der Waals surface area contributed by atoms with Gasteiger partial charge < -0.3 is 10.0 Å². The van der Waals surface area contributed by atoms with Crippen molar-refractivity contribution in [1.82, 2.24) is 4.90 Å². The molecule has 1 aliphatic carbocycles. The molecule has 1 N–H and O–H groups in total. The molecule has 1 saturated carbocycles. The van der Waals surface area contributed by atoms with E-state index in [1.54, 1.807) is 0 Å². The quantitative estimate of drug-likeness (QED) is 0.702. The molecule has 0 unspecified atom stereocenters. The third-order valence-corrected chi connectivity index (χ3v) is 3.64. The van der Waals surface area contributed by atoms with Gasteiger partial charge in [0, 0.05) is 18.6 Å². The smallest absolute Gasteiger partial charge is 0.0499 e. The molecule has 84 valence electrons. The van der Waals surface area contributed by atoms with Crippen LogP contribution in [0, 0.1) is 5.41 Å². The molecule has 1 rings (SSSR count). The van der Waals surface area contributed by atoms with Crippen LogP contribution >= 0.6 is 0 Å². The predicted molar refractivity (Wildman–Crippen MR) is 60.4 cm³/mol. The van der Waals surface area contributed by atoms with Crippen LogP contribution in [0.5, 0.6) is 0 Å². The van der Waals surface area contributed by atoms with Gasteiger partial charge in [0.15, 0.2) is 0 Å². The molecule has 0 amide bonds. The van der Waals surface area contributed by atoms with Crippen LogP contribution in [0.2, 0.25) is 0 Å². The van der Waals surface area contributed by atoms with Gasteiger partial charge in [-0.2, -0.15) is 0 Å². The van der Waals surface area contributed by atoms with Crippen molar-refractivity contribution in [3.8, 4) is 0 Å². The zero-order chi connectivity index (χ0) is 10.4. The molecule has 2 nitrogen and oxygen atoms in total. The van der Waals surface area contributed by atoms with Crippen LogP contribution in [0.1, 0.15) is 45.4 Å². The molecule has 1 fully saturated rings. The Balaban J connectivity index is 2.53. The number of hydrogen-bond donors (Lipinski definition) is 1. The van der Waals surface area contributed by atoms with E-state index in [9.17, 15) is 5.11 Å². The summed E-state index contributed by atoms with van der Waals surface area (Å²) in [6.07, 6.45) is 7.76. The normalized spacial score (nSPS) is 22.3. The van der Waals surface area contributed by atoms with E-state index in [0.717, 1.165) is 13.1 Å². The first-order valence-corrected chi connectivity index (χ1v) is 6.02. The topological polar surface area (TPSA) is 23.5 Å². The molecule has 0 bridgehead atoms. The van der Waals surface area contributed by atoms with Gasteiger partial charge in [-0.25, -0.2) is 0 Å². The van der Waals surface area contributed by atoms with Crippen LogP contribution < -0.4 is 0 Å². The first kappa shape index (κ1) is 12.0. The second-order valence-electron chi connectivity index (χ2n) is 4.90. The van der Waals surface area contributed by atoms with Crippen molar-refractivity contribution < 1.29 is 5.11 Å². The Morgan fingerprint density at radius 2 is 1.71 bits per heavy atom. The van der Waals surface area contributed by atoms with Crippen LogP contribution in [-0.4, -0.2) is 36.8 Å². The Morgan fingerprint density at radius 1 is 1.14 bits per heavy atom. The molecule has 0 spiro atoms. The highest BCUT2D eigenvalue weighted by Gasteiger charge is 2.30. The van der Waals surface area contributed by atoms with E-state index in [-0.39, 0.29) is 5.41 Å². The van der Waals surface area contributed by atoms with Gasteiger partial charge in [-0.15, -0.1) is 0 Å². The molecule has 0 radical (unpaired) electrons. The van der Waals surface area contributed by atoms with E-state index < -0.39 is 0 Å². The number of rotatable bonds is 4. The lowest BCUT2D eigenvalue weighted by Crippen LogP contribution is -2.38. The number of hydrogen-bond acceptors (Lipinski definition) is 2. The lowest BCUT2D eigenvalue weighted by atomic mass is 9.80. The van der Waals surface area contributed by atoms with E-state index >= 15 is 0 Å². The molecule has 14 heavy (non-hydrogen) atoms. The van der Waals surface area contributed by atoms with Crippen LogP contribution in [-0.2, 0) is 0 Å². The predicted octanol–water partition coefficient (Wildman–Crippen LogP) is 2.27. The van der Waals surface area contributed by atoms with Crippen molar-refractivity contribution in [2.75, 3.05) is 26.7 Å². The van der Waals surface area contributed by atoms with Crippen LogP contribution in [0.4, 0.5) is 0 Å². The highest BCUT2D eigenvalue weighted by molar-refractivity contribution is 4.83. The molecular formula is C12H25NO. The molecular weight excluding hydrogens is 174 g/mol. The van der Waals surface area contributed by atoms with Crippen molar-refractivity contribution in [3.05, 3.63) is 0 Å². The Labute approximate surface area is 88.3 Å². The summed E-state index contributed by atoms with van der Waals surface area (Å²) in [5.41, 5.74) is 0.210. The maximum Gasteiger partial charge on any atom is 0.0499 e. The zero-order valence-electron chi connectivity index (χ0n) is 9.76. The minimum Gasteiger partial charge on any atom is -0.396 e. The van der Waals surface area contributed by atoms with Crippen LogP contribution in [0.3, 0.4) is 0 Å². The molecule has 0 aliphatic heterocycles. The van der Waals surface area contributed by atoms with Gasteiger partial charge in [-0.05, 0) is 26.4 Å². The van der Waals surface area contributed by atoms with Crippen molar-refractivity contribution in [2.45, 2.75) is 45.4 Å². The highest BCUT2D eigenvalue weighted by Crippen LogP contribution is 2.35. The summed E-state index contributed by atoms with van der Waals surface area (Å²) in [6, 6.07) is 0. The average molecular weight is 199 g/mol. The molecule has 2 heteroatoms. The van der Waals surface area contributed by atoms with E-state index in [1.165, 1.54) is 38.5 Å². The van der Waals surface area contributed by atoms with Crippen LogP contribution in [0.25, 0.3) is 0 Å². The van der Waals surface area contributed by atoms with Crippen molar-refractivity contribution in [2.24, 2.45) is 5.41 Å². The number of aliphatic hydroxyl groups excluding tert-OH is 1. The Kier molecular flexibility index (Phi) is 4.90. The van der Waals surface area contributed by atoms with Gasteiger partial charge in [0.25, 0.3) is 0 Å². The third kappa shape index (κ3) is 3.25. The van der Waals surface area contributed by atoms with Gasteiger partial charge in [-0.1, -0.05) is 32.6 Å². The van der Waals surface area contributed by atoms with E-state index in [4.69, 9.17) is 0 Å². The second kappa shape index (κ2) is 5.72. The van der Waals surface area contributed by atoms with Gasteiger partial charge in [-0.3, -0.25) is 0 Å². The summed E-state index contributed by atoms with van der Waals surface area (Å²) in [5, 5.41) is 9.58. The monoisotopic (exact) mass is 199 g/mol. The number of aliphatic hydroxyl groups is 1. The highest BCUT2D eigenvalue weighted by atomic mass is 16.3. The van der Waals surface area contributed by atoms with E-state index in [2.05, 4.69) is 18.9 Å². The largest absolute Gasteiger partial charge is 0.396 e. The molecule has 0 saturated heterocycles. The summed E-state index contributed by atoms with van der Waals surface area (Å²) in [4.78, 5) is 2.33. The molecule has 0 heterocycles. The minimum absolute atomic E-state index is 0.210. The molecule has 0 aromatic rings. The average Bonchev–Trinajstić information content (AvgIpc) is 2.44. The van der Waals surface area contributed by atoms with Crippen molar-refractivity contribution >= 4 is 0 Å². The summed E-state index contributed by atoms with van der Waals surface area (Å²) < 4.78 is 0. The fourth-order valence-corrected chi connectivity index (χ4v) is 2.53. The van der Waals surface area contributed by atoms with E-state index in [1.807, 2.05) is 0 Å². The summed E-state index contributed by atoms with van der Waals surface area (Å²) in [6.45, 7) is 4.71. The summed E-state index contributed by atoms with van der Waals surface area (Å²) in [7, 11) is 2.16.